The van der Waals surface area contributed by atoms with Gasteiger partial charge in [0.15, 0.2) is 0 Å². The topological polar surface area (TPSA) is 25.4 Å². The Bertz CT molecular complexity index is 620. The molecule has 0 amide bonds. The third-order valence-electron chi connectivity index (χ3n) is 4.64. The molecule has 1 atom stereocenters. The molecule has 1 unspecified atom stereocenters. The van der Waals surface area contributed by atoms with E-state index >= 15 is 0 Å². The molecule has 1 aromatic heterocycles. The van der Waals surface area contributed by atoms with E-state index in [1.165, 1.54) is 35.8 Å². The lowest BCUT2D eigenvalue weighted by molar-refractivity contribution is -0.00617. The van der Waals surface area contributed by atoms with Gasteiger partial charge in [0.05, 0.1) is 11.6 Å². The number of ether oxygens (including phenoxy) is 1. The van der Waals surface area contributed by atoms with Crippen molar-refractivity contribution in [1.82, 2.24) is 9.88 Å². The van der Waals surface area contributed by atoms with Crippen molar-refractivity contribution in [2.24, 2.45) is 0 Å². The summed E-state index contributed by atoms with van der Waals surface area (Å²) in [6.45, 7) is 8.35. The summed E-state index contributed by atoms with van der Waals surface area (Å²) in [6.07, 6.45) is 6.01. The lowest BCUT2D eigenvalue weighted by Gasteiger charge is -2.29. The molecule has 0 aliphatic carbocycles. The van der Waals surface area contributed by atoms with E-state index in [1.54, 1.807) is 0 Å². The van der Waals surface area contributed by atoms with Crippen molar-refractivity contribution in [2.45, 2.75) is 45.8 Å². The minimum absolute atomic E-state index is 0.406. The number of rotatable bonds is 5. The van der Waals surface area contributed by atoms with Crippen LogP contribution < -0.4 is 0 Å². The number of fused-ring (bicyclic) bond motifs is 1. The summed E-state index contributed by atoms with van der Waals surface area (Å²) in [4.78, 5) is 7.04. The third kappa shape index (κ3) is 3.47. The molecule has 3 heteroatoms. The molecule has 118 valence electrons. The quantitative estimate of drug-likeness (QED) is 0.836. The fourth-order valence-corrected chi connectivity index (χ4v) is 3.30. The van der Waals surface area contributed by atoms with E-state index in [1.807, 2.05) is 12.3 Å². The van der Waals surface area contributed by atoms with Gasteiger partial charge in [-0.3, -0.25) is 9.88 Å². The maximum atomic E-state index is 5.90. The summed E-state index contributed by atoms with van der Waals surface area (Å²) in [5, 5.41) is 1.28. The van der Waals surface area contributed by atoms with Crippen LogP contribution in [0.2, 0.25) is 0 Å². The van der Waals surface area contributed by atoms with Crippen LogP contribution in [0.3, 0.4) is 0 Å². The summed E-state index contributed by atoms with van der Waals surface area (Å²) in [5.41, 5.74) is 3.74. The highest BCUT2D eigenvalue weighted by molar-refractivity contribution is 5.84. The van der Waals surface area contributed by atoms with Gasteiger partial charge in [0.1, 0.15) is 0 Å². The fraction of sp³-hybridized carbons (Fsp3) is 0.526. The Morgan fingerprint density at radius 1 is 1.27 bits per heavy atom. The van der Waals surface area contributed by atoms with Gasteiger partial charge in [0, 0.05) is 31.3 Å². The van der Waals surface area contributed by atoms with E-state index in [0.717, 1.165) is 31.8 Å². The van der Waals surface area contributed by atoms with Gasteiger partial charge in [0.25, 0.3) is 0 Å². The molecular weight excluding hydrogens is 272 g/mol. The van der Waals surface area contributed by atoms with Crippen molar-refractivity contribution in [2.75, 3.05) is 19.7 Å². The number of hydrogen-bond acceptors (Lipinski definition) is 3. The predicted molar refractivity (Wildman–Crippen MR) is 91.0 cm³/mol. The summed E-state index contributed by atoms with van der Waals surface area (Å²) < 4.78 is 5.90. The number of benzene rings is 1. The second kappa shape index (κ2) is 7.21. The molecule has 1 aliphatic heterocycles. The molecule has 0 spiro atoms. The molecule has 3 rings (SSSR count). The molecule has 0 radical (unpaired) electrons. The van der Waals surface area contributed by atoms with E-state index in [4.69, 9.17) is 4.74 Å². The van der Waals surface area contributed by atoms with Crippen LogP contribution in [0.4, 0.5) is 0 Å². The average Bonchev–Trinajstić information content (AvgIpc) is 2.58. The molecule has 2 aromatic rings. The zero-order chi connectivity index (χ0) is 15.4. The minimum Gasteiger partial charge on any atom is -0.377 e. The van der Waals surface area contributed by atoms with Gasteiger partial charge < -0.3 is 4.74 Å². The van der Waals surface area contributed by atoms with Crippen LogP contribution in [-0.4, -0.2) is 35.7 Å². The number of hydrogen-bond donors (Lipinski definition) is 0. The maximum Gasteiger partial charge on any atom is 0.0734 e. The molecule has 1 aromatic carbocycles. The second-order valence-electron chi connectivity index (χ2n) is 6.26. The number of aromatic nitrogens is 1. The highest BCUT2D eigenvalue weighted by Crippen LogP contribution is 2.22. The molecule has 0 bridgehead atoms. The van der Waals surface area contributed by atoms with Crippen LogP contribution in [0.1, 0.15) is 37.3 Å². The van der Waals surface area contributed by atoms with Crippen LogP contribution in [0, 0.1) is 6.92 Å². The number of likely N-dealkylation sites (N-methyl/N-ethyl adjacent to an activating group) is 1. The van der Waals surface area contributed by atoms with E-state index < -0.39 is 0 Å². The third-order valence-corrected chi connectivity index (χ3v) is 4.64. The van der Waals surface area contributed by atoms with Gasteiger partial charge in [-0.15, -0.1) is 0 Å². The van der Waals surface area contributed by atoms with Crippen molar-refractivity contribution in [3.05, 3.63) is 41.6 Å². The summed E-state index contributed by atoms with van der Waals surface area (Å²) >= 11 is 0. The average molecular weight is 298 g/mol. The SMILES string of the molecule is CCN(Cc1ccc(C)c2ncccc12)CC1CCCCO1. The predicted octanol–water partition coefficient (Wildman–Crippen LogP) is 3.93. The molecule has 3 nitrogen and oxygen atoms in total. The van der Waals surface area contributed by atoms with Gasteiger partial charge in [-0.1, -0.05) is 25.1 Å². The monoisotopic (exact) mass is 298 g/mol. The first-order valence-corrected chi connectivity index (χ1v) is 8.45. The zero-order valence-corrected chi connectivity index (χ0v) is 13.7. The smallest absolute Gasteiger partial charge is 0.0734 e. The Morgan fingerprint density at radius 2 is 2.18 bits per heavy atom. The van der Waals surface area contributed by atoms with Crippen molar-refractivity contribution in [3.8, 4) is 0 Å². The molecule has 22 heavy (non-hydrogen) atoms. The summed E-state index contributed by atoms with van der Waals surface area (Å²) in [5.74, 6) is 0. The minimum atomic E-state index is 0.406. The lowest BCUT2D eigenvalue weighted by Crippen LogP contribution is -2.35. The molecule has 2 heterocycles. The van der Waals surface area contributed by atoms with Crippen LogP contribution in [0.15, 0.2) is 30.5 Å². The number of pyridine rings is 1. The van der Waals surface area contributed by atoms with Crippen LogP contribution >= 0.6 is 0 Å². The lowest BCUT2D eigenvalue weighted by atomic mass is 10.0. The van der Waals surface area contributed by atoms with E-state index in [0.29, 0.717) is 6.10 Å². The summed E-state index contributed by atoms with van der Waals surface area (Å²) in [7, 11) is 0. The Morgan fingerprint density at radius 3 is 2.95 bits per heavy atom. The van der Waals surface area contributed by atoms with Crippen LogP contribution in [0.5, 0.6) is 0 Å². The molecule has 1 fully saturated rings. The standard InChI is InChI=1S/C19H26N2O/c1-3-21(14-17-7-4-5-12-22-17)13-16-10-9-15(2)19-18(16)8-6-11-20-19/h6,8-11,17H,3-5,7,12-14H2,1-2H3. The first-order valence-electron chi connectivity index (χ1n) is 8.45. The highest BCUT2D eigenvalue weighted by atomic mass is 16.5. The Kier molecular flexibility index (Phi) is 5.06. The highest BCUT2D eigenvalue weighted by Gasteiger charge is 2.17. The Labute approximate surface area is 133 Å². The van der Waals surface area contributed by atoms with Gasteiger partial charge in [0.2, 0.25) is 0 Å². The molecule has 0 N–H and O–H groups in total. The number of aryl methyl sites for hydroxylation is 1. The number of nitrogens with zero attached hydrogens (tertiary/aromatic N) is 2. The first kappa shape index (κ1) is 15.4. The maximum absolute atomic E-state index is 5.90. The van der Waals surface area contributed by atoms with Crippen LogP contribution in [0.25, 0.3) is 10.9 Å². The van der Waals surface area contributed by atoms with Gasteiger partial charge in [-0.2, -0.15) is 0 Å². The van der Waals surface area contributed by atoms with E-state index in [9.17, 15) is 0 Å². The molecule has 1 aliphatic rings. The van der Waals surface area contributed by atoms with Gasteiger partial charge in [-0.05, 0) is 49.9 Å². The molecular formula is C19H26N2O. The zero-order valence-electron chi connectivity index (χ0n) is 13.7. The first-order chi connectivity index (χ1) is 10.8. The normalized spacial score (nSPS) is 19.0. The second-order valence-corrected chi connectivity index (χ2v) is 6.26. The van der Waals surface area contributed by atoms with Crippen molar-refractivity contribution >= 4 is 10.9 Å². The molecule has 0 saturated carbocycles. The van der Waals surface area contributed by atoms with Gasteiger partial charge >= 0.3 is 0 Å². The van der Waals surface area contributed by atoms with E-state index in [2.05, 4.69) is 41.9 Å². The van der Waals surface area contributed by atoms with Crippen molar-refractivity contribution in [3.63, 3.8) is 0 Å². The Balaban J connectivity index is 1.77. The van der Waals surface area contributed by atoms with Crippen molar-refractivity contribution < 1.29 is 4.74 Å². The fourth-order valence-electron chi connectivity index (χ4n) is 3.30. The van der Waals surface area contributed by atoms with E-state index in [-0.39, 0.29) is 0 Å². The largest absolute Gasteiger partial charge is 0.377 e. The summed E-state index contributed by atoms with van der Waals surface area (Å²) in [6, 6.07) is 8.67. The van der Waals surface area contributed by atoms with Gasteiger partial charge in [-0.25, -0.2) is 0 Å². The molecule has 1 saturated heterocycles. The van der Waals surface area contributed by atoms with Crippen molar-refractivity contribution in [1.29, 1.82) is 0 Å². The Hall–Kier alpha value is -1.45. The van der Waals surface area contributed by atoms with Crippen LogP contribution in [-0.2, 0) is 11.3 Å².